The predicted molar refractivity (Wildman–Crippen MR) is 107 cm³/mol. The highest BCUT2D eigenvalue weighted by molar-refractivity contribution is 7.92. The lowest BCUT2D eigenvalue weighted by Crippen LogP contribution is -2.32. The van der Waals surface area contributed by atoms with Crippen LogP contribution in [-0.2, 0) is 10.0 Å². The standard InChI is InChI=1S/C19H21N5O4S/c1-12(2)16(19-22-17(23-28-19)13-7-9-20-10-8-13)21-18(25)14-5-4-6-15(11-14)24-29(3,26)27/h4-12,16,24H,1-3H3,(H,21,25). The molecular formula is C19H21N5O4S. The van der Waals surface area contributed by atoms with Crippen LogP contribution in [0.2, 0.25) is 0 Å². The Morgan fingerprint density at radius 3 is 2.52 bits per heavy atom. The summed E-state index contributed by atoms with van der Waals surface area (Å²) in [6.45, 7) is 3.84. The molecule has 0 saturated heterocycles. The highest BCUT2D eigenvalue weighted by Crippen LogP contribution is 2.24. The molecule has 9 nitrogen and oxygen atoms in total. The van der Waals surface area contributed by atoms with Gasteiger partial charge in [-0.05, 0) is 36.2 Å². The maximum absolute atomic E-state index is 12.7. The van der Waals surface area contributed by atoms with Crippen molar-refractivity contribution in [2.75, 3.05) is 11.0 Å². The highest BCUT2D eigenvalue weighted by atomic mass is 32.2. The fourth-order valence-corrected chi connectivity index (χ4v) is 3.21. The molecule has 0 spiro atoms. The van der Waals surface area contributed by atoms with Gasteiger partial charge < -0.3 is 9.84 Å². The van der Waals surface area contributed by atoms with E-state index < -0.39 is 16.1 Å². The number of pyridine rings is 1. The molecule has 1 amide bonds. The molecule has 0 saturated carbocycles. The summed E-state index contributed by atoms with van der Waals surface area (Å²) in [5.41, 5.74) is 1.36. The SMILES string of the molecule is CC(C)C(NC(=O)c1cccc(NS(C)(=O)=O)c1)c1nc(-c2ccncc2)no1. The van der Waals surface area contributed by atoms with E-state index >= 15 is 0 Å². The molecule has 0 aliphatic rings. The van der Waals surface area contributed by atoms with Crippen LogP contribution in [0, 0.1) is 5.92 Å². The van der Waals surface area contributed by atoms with Gasteiger partial charge in [-0.25, -0.2) is 8.42 Å². The minimum Gasteiger partial charge on any atom is -0.340 e. The summed E-state index contributed by atoms with van der Waals surface area (Å²) in [7, 11) is -3.44. The lowest BCUT2D eigenvalue weighted by Gasteiger charge is -2.18. The molecule has 1 aromatic carbocycles. The third-order valence-corrected chi connectivity index (χ3v) is 4.63. The molecule has 1 atom stereocenters. The van der Waals surface area contributed by atoms with Crippen molar-refractivity contribution in [2.24, 2.45) is 5.92 Å². The number of anilines is 1. The molecule has 10 heteroatoms. The van der Waals surface area contributed by atoms with Crippen LogP contribution < -0.4 is 10.0 Å². The average Bonchev–Trinajstić information content (AvgIpc) is 3.15. The number of nitrogens with zero attached hydrogens (tertiary/aromatic N) is 3. The molecule has 152 valence electrons. The van der Waals surface area contributed by atoms with Crippen LogP contribution in [0.5, 0.6) is 0 Å². The molecule has 29 heavy (non-hydrogen) atoms. The number of hydrogen-bond acceptors (Lipinski definition) is 7. The van der Waals surface area contributed by atoms with Gasteiger partial charge in [0.25, 0.3) is 5.91 Å². The van der Waals surface area contributed by atoms with Crippen molar-refractivity contribution >= 4 is 21.6 Å². The lowest BCUT2D eigenvalue weighted by atomic mass is 10.0. The number of sulfonamides is 1. The number of aromatic nitrogens is 3. The number of nitrogens with one attached hydrogen (secondary N) is 2. The molecule has 1 unspecified atom stereocenters. The second-order valence-electron chi connectivity index (χ2n) is 6.84. The largest absolute Gasteiger partial charge is 0.340 e. The molecule has 0 radical (unpaired) electrons. The molecule has 0 aliphatic heterocycles. The Kier molecular flexibility index (Phi) is 5.92. The summed E-state index contributed by atoms with van der Waals surface area (Å²) in [6.07, 6.45) is 4.31. The first-order valence-electron chi connectivity index (χ1n) is 8.85. The zero-order chi connectivity index (χ0) is 21.0. The number of carbonyl (C=O) groups excluding carboxylic acids is 1. The van der Waals surface area contributed by atoms with Gasteiger partial charge in [0.05, 0.1) is 6.26 Å². The Bertz CT molecular complexity index is 1100. The van der Waals surface area contributed by atoms with Gasteiger partial charge in [0.1, 0.15) is 6.04 Å². The van der Waals surface area contributed by atoms with Crippen molar-refractivity contribution < 1.29 is 17.7 Å². The number of benzene rings is 1. The minimum atomic E-state index is -3.44. The van der Waals surface area contributed by atoms with Gasteiger partial charge in [0.2, 0.25) is 21.7 Å². The van der Waals surface area contributed by atoms with E-state index in [2.05, 4.69) is 25.2 Å². The number of carbonyl (C=O) groups is 1. The molecule has 2 heterocycles. The Balaban J connectivity index is 1.80. The van der Waals surface area contributed by atoms with Crippen molar-refractivity contribution in [1.82, 2.24) is 20.4 Å². The van der Waals surface area contributed by atoms with Crippen LogP contribution in [0.25, 0.3) is 11.4 Å². The molecule has 0 aliphatic carbocycles. The van der Waals surface area contributed by atoms with E-state index in [9.17, 15) is 13.2 Å². The maximum atomic E-state index is 12.7. The van der Waals surface area contributed by atoms with Crippen molar-refractivity contribution in [3.8, 4) is 11.4 Å². The minimum absolute atomic E-state index is 0.0259. The van der Waals surface area contributed by atoms with Crippen molar-refractivity contribution in [3.63, 3.8) is 0 Å². The van der Waals surface area contributed by atoms with Gasteiger partial charge in [-0.3, -0.25) is 14.5 Å². The van der Waals surface area contributed by atoms with Gasteiger partial charge in [-0.1, -0.05) is 25.1 Å². The average molecular weight is 415 g/mol. The van der Waals surface area contributed by atoms with Crippen molar-refractivity contribution in [3.05, 3.63) is 60.2 Å². The monoisotopic (exact) mass is 415 g/mol. The number of rotatable bonds is 7. The number of amides is 1. The van der Waals surface area contributed by atoms with Crippen LogP contribution in [0.15, 0.2) is 53.3 Å². The molecule has 2 N–H and O–H groups in total. The number of hydrogen-bond donors (Lipinski definition) is 2. The summed E-state index contributed by atoms with van der Waals surface area (Å²) in [4.78, 5) is 21.1. The molecule has 0 bridgehead atoms. The van der Waals surface area contributed by atoms with E-state index in [-0.39, 0.29) is 17.7 Å². The summed E-state index contributed by atoms with van der Waals surface area (Å²) >= 11 is 0. The van der Waals surface area contributed by atoms with E-state index in [1.807, 2.05) is 13.8 Å². The zero-order valence-electron chi connectivity index (χ0n) is 16.2. The van der Waals surface area contributed by atoms with E-state index in [4.69, 9.17) is 4.52 Å². The normalized spacial score (nSPS) is 12.6. The summed E-state index contributed by atoms with van der Waals surface area (Å²) in [6, 6.07) is 9.23. The maximum Gasteiger partial charge on any atom is 0.252 e. The lowest BCUT2D eigenvalue weighted by molar-refractivity contribution is 0.0914. The second kappa shape index (κ2) is 8.39. The van der Waals surface area contributed by atoms with Gasteiger partial charge in [-0.15, -0.1) is 0 Å². The Morgan fingerprint density at radius 2 is 1.86 bits per heavy atom. The van der Waals surface area contributed by atoms with E-state index in [1.165, 1.54) is 6.07 Å². The van der Waals surface area contributed by atoms with Crippen LogP contribution in [0.4, 0.5) is 5.69 Å². The summed E-state index contributed by atoms with van der Waals surface area (Å²) in [5, 5.41) is 6.86. The Hall–Kier alpha value is -3.27. The van der Waals surface area contributed by atoms with Gasteiger partial charge >= 0.3 is 0 Å². The Morgan fingerprint density at radius 1 is 1.14 bits per heavy atom. The van der Waals surface area contributed by atoms with Gasteiger partial charge in [0, 0.05) is 29.2 Å². The van der Waals surface area contributed by atoms with Gasteiger partial charge in [0.15, 0.2) is 0 Å². The van der Waals surface area contributed by atoms with Crippen molar-refractivity contribution in [1.29, 1.82) is 0 Å². The fraction of sp³-hybridized carbons (Fsp3) is 0.263. The van der Waals surface area contributed by atoms with E-state index in [0.29, 0.717) is 17.1 Å². The smallest absolute Gasteiger partial charge is 0.252 e. The van der Waals surface area contributed by atoms with Crippen molar-refractivity contribution in [2.45, 2.75) is 19.9 Å². The third kappa shape index (κ3) is 5.38. The molecule has 3 aromatic rings. The second-order valence-corrected chi connectivity index (χ2v) is 8.59. The third-order valence-electron chi connectivity index (χ3n) is 4.03. The molecular weight excluding hydrogens is 394 g/mol. The predicted octanol–water partition coefficient (Wildman–Crippen LogP) is 2.63. The molecule has 0 fully saturated rings. The first kappa shape index (κ1) is 20.5. The first-order valence-corrected chi connectivity index (χ1v) is 10.7. The summed E-state index contributed by atoms with van der Waals surface area (Å²) in [5.74, 6) is 0.277. The van der Waals surface area contributed by atoms with E-state index in [1.54, 1.807) is 42.7 Å². The molecule has 2 aromatic heterocycles. The zero-order valence-corrected chi connectivity index (χ0v) is 17.0. The first-order chi connectivity index (χ1) is 13.7. The fourth-order valence-electron chi connectivity index (χ4n) is 2.66. The molecule has 3 rings (SSSR count). The van der Waals surface area contributed by atoms with E-state index in [0.717, 1.165) is 11.8 Å². The summed E-state index contributed by atoms with van der Waals surface area (Å²) < 4.78 is 30.6. The topological polar surface area (TPSA) is 127 Å². The van der Waals surface area contributed by atoms with Crippen LogP contribution in [0.1, 0.15) is 36.1 Å². The highest BCUT2D eigenvalue weighted by Gasteiger charge is 2.25. The van der Waals surface area contributed by atoms with Crippen LogP contribution in [0.3, 0.4) is 0 Å². The Labute approximate surface area is 168 Å². The van der Waals surface area contributed by atoms with Crippen LogP contribution in [-0.4, -0.2) is 35.7 Å². The van der Waals surface area contributed by atoms with Gasteiger partial charge in [-0.2, -0.15) is 4.98 Å². The van der Waals surface area contributed by atoms with Crippen LogP contribution >= 0.6 is 0 Å². The quantitative estimate of drug-likeness (QED) is 0.607.